The van der Waals surface area contributed by atoms with E-state index in [0.29, 0.717) is 19.0 Å². The Kier molecular flexibility index (Phi) is 5.54. The zero-order valence-electron chi connectivity index (χ0n) is 16.4. The Hall–Kier alpha value is -2.48. The number of ether oxygens (including phenoxy) is 2. The van der Waals surface area contributed by atoms with Crippen molar-refractivity contribution in [3.8, 4) is 16.9 Å². The molecule has 0 spiro atoms. The number of sulfonamides is 1. The van der Waals surface area contributed by atoms with Crippen LogP contribution in [0, 0.1) is 0 Å². The van der Waals surface area contributed by atoms with Crippen LogP contribution in [0.4, 0.5) is 0 Å². The molecule has 2 atom stereocenters. The molecular weight excluding hydrogens is 388 g/mol. The maximum Gasteiger partial charge on any atom is 0.214 e. The topological polar surface area (TPSA) is 77.5 Å². The van der Waals surface area contributed by atoms with Crippen LogP contribution in [0.25, 0.3) is 22.0 Å². The third-order valence-electron chi connectivity index (χ3n) is 5.06. The van der Waals surface area contributed by atoms with E-state index in [1.54, 1.807) is 20.0 Å². The maximum absolute atomic E-state index is 12.2. The van der Waals surface area contributed by atoms with Crippen LogP contribution in [0.5, 0.6) is 5.75 Å². The van der Waals surface area contributed by atoms with Gasteiger partial charge in [0.25, 0.3) is 0 Å². The lowest BCUT2D eigenvalue weighted by Gasteiger charge is -2.21. The fourth-order valence-electron chi connectivity index (χ4n) is 3.35. The smallest absolute Gasteiger partial charge is 0.214 e. The number of aromatic nitrogens is 1. The van der Waals surface area contributed by atoms with Gasteiger partial charge in [-0.2, -0.15) is 0 Å². The van der Waals surface area contributed by atoms with Gasteiger partial charge in [-0.1, -0.05) is 30.3 Å². The minimum atomic E-state index is -3.39. The maximum atomic E-state index is 12.2. The van der Waals surface area contributed by atoms with Gasteiger partial charge in [0, 0.05) is 11.6 Å². The largest absolute Gasteiger partial charge is 0.486 e. The van der Waals surface area contributed by atoms with E-state index in [1.165, 1.54) is 0 Å². The van der Waals surface area contributed by atoms with Crippen LogP contribution in [0.15, 0.2) is 60.8 Å². The molecule has 1 aliphatic heterocycles. The highest BCUT2D eigenvalue weighted by atomic mass is 32.2. The first-order valence-electron chi connectivity index (χ1n) is 9.64. The van der Waals surface area contributed by atoms with Crippen molar-refractivity contribution in [2.45, 2.75) is 31.2 Å². The van der Waals surface area contributed by atoms with Gasteiger partial charge in [-0.05, 0) is 49.2 Å². The van der Waals surface area contributed by atoms with Gasteiger partial charge in [-0.3, -0.25) is 4.98 Å². The fourth-order valence-corrected chi connectivity index (χ4v) is 4.26. The lowest BCUT2D eigenvalue weighted by molar-refractivity contribution is 0.140. The van der Waals surface area contributed by atoms with Gasteiger partial charge in [0.15, 0.2) is 0 Å². The molecule has 6 nitrogen and oxygen atoms in total. The normalized spacial score (nSPS) is 19.7. The predicted octanol–water partition coefficient (Wildman–Crippen LogP) is 3.38. The minimum Gasteiger partial charge on any atom is -0.486 e. The highest BCUT2D eigenvalue weighted by molar-refractivity contribution is 7.90. The van der Waals surface area contributed by atoms with Gasteiger partial charge in [-0.15, -0.1) is 0 Å². The van der Waals surface area contributed by atoms with Gasteiger partial charge in [0.1, 0.15) is 11.9 Å². The van der Waals surface area contributed by atoms with Gasteiger partial charge in [0.05, 0.1) is 30.0 Å². The molecule has 0 saturated carbocycles. The molecular formula is C22H24N2O4S. The summed E-state index contributed by atoms with van der Waals surface area (Å²) >= 11 is 0. The number of rotatable bonds is 6. The molecule has 0 amide bonds. The van der Waals surface area contributed by atoms with E-state index in [-0.39, 0.29) is 6.10 Å². The van der Waals surface area contributed by atoms with E-state index in [4.69, 9.17) is 9.47 Å². The summed E-state index contributed by atoms with van der Waals surface area (Å²) in [4.78, 5) is 4.41. The van der Waals surface area contributed by atoms with E-state index >= 15 is 0 Å². The average Bonchev–Trinajstić information content (AvgIpc) is 3.14. The van der Waals surface area contributed by atoms with Gasteiger partial charge < -0.3 is 9.47 Å². The van der Waals surface area contributed by atoms with E-state index < -0.39 is 21.3 Å². The molecule has 1 aliphatic rings. The van der Waals surface area contributed by atoms with E-state index in [9.17, 15) is 8.42 Å². The Morgan fingerprint density at radius 3 is 2.62 bits per heavy atom. The summed E-state index contributed by atoms with van der Waals surface area (Å²) in [6, 6.07) is 17.5. The molecule has 1 N–H and O–H groups in total. The fraction of sp³-hybridized carbons (Fsp3) is 0.318. The Morgan fingerprint density at radius 2 is 1.86 bits per heavy atom. The first kappa shape index (κ1) is 19.8. The van der Waals surface area contributed by atoms with Crippen LogP contribution in [0.2, 0.25) is 0 Å². The number of hydrogen-bond donors (Lipinski definition) is 1. The van der Waals surface area contributed by atoms with Crippen LogP contribution in [-0.2, 0) is 14.8 Å². The average molecular weight is 413 g/mol. The zero-order chi connectivity index (χ0) is 20.4. The highest BCUT2D eigenvalue weighted by Crippen LogP contribution is 2.29. The summed E-state index contributed by atoms with van der Waals surface area (Å²) in [6.07, 6.45) is 1.42. The molecule has 3 aromatic rings. The summed E-state index contributed by atoms with van der Waals surface area (Å²) in [5.74, 6) is 0.677. The lowest BCUT2D eigenvalue weighted by Crippen LogP contribution is -2.47. The number of hydrogen-bond acceptors (Lipinski definition) is 5. The minimum absolute atomic E-state index is 0.303. The van der Waals surface area contributed by atoms with E-state index in [2.05, 4.69) is 21.8 Å². The highest BCUT2D eigenvalue weighted by Gasteiger charge is 2.34. The zero-order valence-corrected chi connectivity index (χ0v) is 17.2. The molecule has 2 heterocycles. The van der Waals surface area contributed by atoms with Crippen LogP contribution < -0.4 is 9.46 Å². The molecule has 1 fully saturated rings. The van der Waals surface area contributed by atoms with Crippen molar-refractivity contribution >= 4 is 20.9 Å². The van der Waals surface area contributed by atoms with Crippen molar-refractivity contribution in [1.82, 2.24) is 9.71 Å². The monoisotopic (exact) mass is 412 g/mol. The summed E-state index contributed by atoms with van der Waals surface area (Å²) < 4.78 is 38.5. The number of pyridine rings is 1. The summed E-state index contributed by atoms with van der Waals surface area (Å²) in [6.45, 7) is 3.95. The number of fused-ring (bicyclic) bond motifs is 1. The molecule has 0 aliphatic carbocycles. The molecule has 1 aromatic heterocycles. The van der Waals surface area contributed by atoms with Crippen LogP contribution >= 0.6 is 0 Å². The van der Waals surface area contributed by atoms with Crippen LogP contribution in [0.1, 0.15) is 13.8 Å². The van der Waals surface area contributed by atoms with Crippen molar-refractivity contribution in [1.29, 1.82) is 0 Å². The molecule has 152 valence electrons. The lowest BCUT2D eigenvalue weighted by atomic mass is 10.0. The van der Waals surface area contributed by atoms with Crippen molar-refractivity contribution in [3.63, 3.8) is 0 Å². The standard InChI is InChI=1S/C22H24N2O4S/c1-15(2)29(25,26)24-21-13-27-14-22(21)28-17-10-8-16(9-11-17)18-5-3-7-20-19(18)6-4-12-23-20/h3-12,15,21-22,24H,13-14H2,1-2H3/t21-,22+/m0/s1. The predicted molar refractivity (Wildman–Crippen MR) is 113 cm³/mol. The summed E-state index contributed by atoms with van der Waals surface area (Å²) in [7, 11) is -3.39. The number of nitrogens with zero attached hydrogens (tertiary/aromatic N) is 1. The molecule has 0 bridgehead atoms. The van der Waals surface area contributed by atoms with Crippen molar-refractivity contribution in [3.05, 3.63) is 60.8 Å². The van der Waals surface area contributed by atoms with Crippen molar-refractivity contribution in [2.24, 2.45) is 0 Å². The Balaban J connectivity index is 1.51. The van der Waals surface area contributed by atoms with E-state index in [1.807, 2.05) is 42.5 Å². The second-order valence-electron chi connectivity index (χ2n) is 7.41. The van der Waals surface area contributed by atoms with E-state index in [0.717, 1.165) is 22.0 Å². The molecule has 4 rings (SSSR count). The number of benzene rings is 2. The summed E-state index contributed by atoms with van der Waals surface area (Å²) in [5.41, 5.74) is 3.12. The van der Waals surface area contributed by atoms with Crippen molar-refractivity contribution in [2.75, 3.05) is 13.2 Å². The molecule has 0 unspecified atom stereocenters. The van der Waals surface area contributed by atoms with Gasteiger partial charge in [-0.25, -0.2) is 13.1 Å². The Morgan fingerprint density at radius 1 is 1.07 bits per heavy atom. The quantitative estimate of drug-likeness (QED) is 0.672. The molecule has 7 heteroatoms. The second-order valence-corrected chi connectivity index (χ2v) is 9.68. The first-order valence-corrected chi connectivity index (χ1v) is 11.2. The Bertz CT molecular complexity index is 1090. The van der Waals surface area contributed by atoms with Gasteiger partial charge >= 0.3 is 0 Å². The number of nitrogens with one attached hydrogen (secondary N) is 1. The second kappa shape index (κ2) is 8.10. The third-order valence-corrected chi connectivity index (χ3v) is 6.94. The van der Waals surface area contributed by atoms with Gasteiger partial charge in [0.2, 0.25) is 10.0 Å². The molecule has 29 heavy (non-hydrogen) atoms. The first-order chi connectivity index (χ1) is 13.9. The Labute approximate surface area is 170 Å². The van der Waals surface area contributed by atoms with Crippen molar-refractivity contribution < 1.29 is 17.9 Å². The van der Waals surface area contributed by atoms with Crippen LogP contribution in [-0.4, -0.2) is 44.0 Å². The molecule has 0 radical (unpaired) electrons. The molecule has 2 aromatic carbocycles. The van der Waals surface area contributed by atoms with Crippen LogP contribution in [0.3, 0.4) is 0 Å². The molecule has 1 saturated heterocycles. The SMILES string of the molecule is CC(C)S(=O)(=O)N[C@H]1COC[C@H]1Oc1ccc(-c2cccc3ncccc23)cc1. The summed E-state index contributed by atoms with van der Waals surface area (Å²) in [5, 5.41) is 0.592. The third kappa shape index (κ3) is 4.27.